The van der Waals surface area contributed by atoms with Crippen molar-refractivity contribution >= 4 is 17.5 Å². The van der Waals surface area contributed by atoms with Crippen LogP contribution in [-0.4, -0.2) is 53.4 Å². The summed E-state index contributed by atoms with van der Waals surface area (Å²) in [6, 6.07) is 5.78. The molecular formula is C22H20ClN7O2. The van der Waals surface area contributed by atoms with E-state index in [0.29, 0.717) is 48.2 Å². The number of carbonyl (C=O) groups is 1. The summed E-state index contributed by atoms with van der Waals surface area (Å²) >= 11 is 6.30. The molecule has 0 unspecified atom stereocenters. The standard InChI is InChI=1S/C22H20ClN7O2/c1-28-11-13-9-17-21(22-25-18(32-27-22)6-8-29-7-2-3-19(29)31)24-12-30(17)16-5-4-14(23)10-15(16)20(13)26-28/h4-5,10-12H,2-3,6-9H2,1H3. The number of aryl methyl sites for hydroxylation is 1. The predicted octanol–water partition coefficient (Wildman–Crippen LogP) is 3.05. The van der Waals surface area contributed by atoms with E-state index in [1.165, 1.54) is 0 Å². The van der Waals surface area contributed by atoms with E-state index in [0.717, 1.165) is 41.2 Å². The summed E-state index contributed by atoms with van der Waals surface area (Å²) in [5.41, 5.74) is 5.53. The first-order valence-electron chi connectivity index (χ1n) is 10.6. The number of fused-ring (bicyclic) bond motifs is 5. The summed E-state index contributed by atoms with van der Waals surface area (Å²) in [6.45, 7) is 1.39. The summed E-state index contributed by atoms with van der Waals surface area (Å²) < 4.78 is 9.34. The first-order valence-corrected chi connectivity index (χ1v) is 10.9. The second kappa shape index (κ2) is 7.30. The van der Waals surface area contributed by atoms with Crippen molar-refractivity contribution in [2.45, 2.75) is 25.7 Å². The van der Waals surface area contributed by atoms with Crippen LogP contribution in [0.15, 0.2) is 35.2 Å². The van der Waals surface area contributed by atoms with Crippen molar-refractivity contribution < 1.29 is 9.32 Å². The molecule has 4 aromatic rings. The second-order valence-electron chi connectivity index (χ2n) is 8.17. The van der Waals surface area contributed by atoms with Crippen LogP contribution in [0.3, 0.4) is 0 Å². The molecule has 0 radical (unpaired) electrons. The molecule has 5 heterocycles. The monoisotopic (exact) mass is 449 g/mol. The normalized spacial score (nSPS) is 14.9. The van der Waals surface area contributed by atoms with Crippen molar-refractivity contribution in [3.05, 3.63) is 52.9 Å². The fourth-order valence-corrected chi connectivity index (χ4v) is 4.71. The first kappa shape index (κ1) is 19.2. The Balaban J connectivity index is 1.37. The Hall–Kier alpha value is -3.46. The first-order chi connectivity index (χ1) is 15.6. The maximum atomic E-state index is 11.8. The van der Waals surface area contributed by atoms with Crippen LogP contribution in [0.25, 0.3) is 28.5 Å². The van der Waals surface area contributed by atoms with E-state index in [2.05, 4.69) is 20.2 Å². The van der Waals surface area contributed by atoms with Gasteiger partial charge < -0.3 is 14.0 Å². The minimum absolute atomic E-state index is 0.190. The number of hydrogen-bond acceptors (Lipinski definition) is 6. The highest BCUT2D eigenvalue weighted by atomic mass is 35.5. The Bertz CT molecular complexity index is 1350. The average Bonchev–Trinajstić information content (AvgIpc) is 3.54. The molecular weight excluding hydrogens is 430 g/mol. The summed E-state index contributed by atoms with van der Waals surface area (Å²) in [7, 11) is 1.91. The number of amides is 1. The third kappa shape index (κ3) is 3.12. The molecule has 0 saturated carbocycles. The number of benzene rings is 1. The van der Waals surface area contributed by atoms with E-state index >= 15 is 0 Å². The molecule has 0 atom stereocenters. The molecule has 2 aliphatic heterocycles. The maximum absolute atomic E-state index is 11.8. The number of imidazole rings is 1. The number of nitrogens with zero attached hydrogens (tertiary/aromatic N) is 7. The molecule has 1 saturated heterocycles. The minimum Gasteiger partial charge on any atom is -0.342 e. The lowest BCUT2D eigenvalue weighted by molar-refractivity contribution is -0.127. The number of likely N-dealkylation sites (tertiary alicyclic amines) is 1. The fraction of sp³-hybridized carbons (Fsp3) is 0.318. The Labute approximate surface area is 188 Å². The SMILES string of the molecule is Cn1cc2c(n1)-c1cc(Cl)ccc1-n1cnc(-c3noc(CCN4CCCC4=O)n3)c1C2. The summed E-state index contributed by atoms with van der Waals surface area (Å²) in [6.07, 6.45) is 6.49. The Morgan fingerprint density at radius 2 is 2.16 bits per heavy atom. The van der Waals surface area contributed by atoms with Gasteiger partial charge in [0.25, 0.3) is 0 Å². The summed E-state index contributed by atoms with van der Waals surface area (Å²) in [4.78, 5) is 22.9. The molecule has 2 aliphatic rings. The molecule has 0 N–H and O–H groups in total. The highest BCUT2D eigenvalue weighted by Gasteiger charge is 2.27. The third-order valence-corrected chi connectivity index (χ3v) is 6.28. The van der Waals surface area contributed by atoms with Crippen LogP contribution >= 0.6 is 11.6 Å². The van der Waals surface area contributed by atoms with Crippen molar-refractivity contribution in [3.8, 4) is 28.5 Å². The topological polar surface area (TPSA) is 94.9 Å². The van der Waals surface area contributed by atoms with Crippen LogP contribution < -0.4 is 0 Å². The lowest BCUT2D eigenvalue weighted by Crippen LogP contribution is -2.26. The van der Waals surface area contributed by atoms with Crippen LogP contribution in [0.1, 0.15) is 30.0 Å². The lowest BCUT2D eigenvalue weighted by atomic mass is 10.0. The Morgan fingerprint density at radius 1 is 1.25 bits per heavy atom. The molecule has 9 nitrogen and oxygen atoms in total. The third-order valence-electron chi connectivity index (χ3n) is 6.05. The van der Waals surface area contributed by atoms with E-state index in [1.54, 1.807) is 6.33 Å². The highest BCUT2D eigenvalue weighted by molar-refractivity contribution is 6.31. The Morgan fingerprint density at radius 3 is 3.00 bits per heavy atom. The van der Waals surface area contributed by atoms with Crippen molar-refractivity contribution in [3.63, 3.8) is 0 Å². The van der Waals surface area contributed by atoms with Gasteiger partial charge in [-0.2, -0.15) is 10.1 Å². The molecule has 0 aliphatic carbocycles. The van der Waals surface area contributed by atoms with Crippen LogP contribution in [0.2, 0.25) is 5.02 Å². The quantitative estimate of drug-likeness (QED) is 0.418. The highest BCUT2D eigenvalue weighted by Crippen LogP contribution is 2.38. The molecule has 32 heavy (non-hydrogen) atoms. The number of hydrogen-bond donors (Lipinski definition) is 0. The molecule has 1 aromatic carbocycles. The van der Waals surface area contributed by atoms with Crippen LogP contribution in [0, 0.1) is 0 Å². The minimum atomic E-state index is 0.190. The number of aromatic nitrogens is 6. The number of carbonyl (C=O) groups excluding carboxylic acids is 1. The molecule has 162 valence electrons. The van der Waals surface area contributed by atoms with Gasteiger partial charge in [-0.15, -0.1) is 0 Å². The fourth-order valence-electron chi connectivity index (χ4n) is 4.54. The van der Waals surface area contributed by atoms with E-state index in [4.69, 9.17) is 16.1 Å². The van der Waals surface area contributed by atoms with E-state index in [9.17, 15) is 4.79 Å². The number of rotatable bonds is 4. The predicted molar refractivity (Wildman–Crippen MR) is 116 cm³/mol. The zero-order chi connectivity index (χ0) is 21.8. The van der Waals surface area contributed by atoms with Gasteiger partial charge in [-0.25, -0.2) is 4.98 Å². The van der Waals surface area contributed by atoms with Crippen molar-refractivity contribution in [1.29, 1.82) is 0 Å². The average molecular weight is 450 g/mol. The Kier molecular flexibility index (Phi) is 4.39. The van der Waals surface area contributed by atoms with Crippen LogP contribution in [0.5, 0.6) is 0 Å². The van der Waals surface area contributed by atoms with Crippen molar-refractivity contribution in [2.24, 2.45) is 7.05 Å². The largest absolute Gasteiger partial charge is 0.342 e. The van der Waals surface area contributed by atoms with E-state index in [-0.39, 0.29) is 5.91 Å². The number of halogens is 1. The molecule has 3 aromatic heterocycles. The molecule has 6 rings (SSSR count). The van der Waals surface area contributed by atoms with Gasteiger partial charge >= 0.3 is 0 Å². The molecule has 1 amide bonds. The maximum Gasteiger partial charge on any atom is 0.228 e. The zero-order valence-electron chi connectivity index (χ0n) is 17.5. The van der Waals surface area contributed by atoms with Crippen molar-refractivity contribution in [2.75, 3.05) is 13.1 Å². The van der Waals surface area contributed by atoms with Crippen LogP contribution in [0.4, 0.5) is 0 Å². The molecule has 0 bridgehead atoms. The van der Waals surface area contributed by atoms with Crippen molar-refractivity contribution in [1.82, 2.24) is 34.4 Å². The second-order valence-corrected chi connectivity index (χ2v) is 8.61. The molecule has 1 fully saturated rings. The summed E-state index contributed by atoms with van der Waals surface area (Å²) in [5.74, 6) is 1.14. The van der Waals surface area contributed by atoms with Gasteiger partial charge in [0.05, 0.1) is 17.1 Å². The van der Waals surface area contributed by atoms with Gasteiger partial charge in [0.2, 0.25) is 17.6 Å². The van der Waals surface area contributed by atoms with Gasteiger partial charge in [0.15, 0.2) is 0 Å². The van der Waals surface area contributed by atoms with E-state index < -0.39 is 0 Å². The molecule has 0 spiro atoms. The van der Waals surface area contributed by atoms with Gasteiger partial charge in [-0.3, -0.25) is 9.48 Å². The van der Waals surface area contributed by atoms with Gasteiger partial charge in [-0.05, 0) is 24.6 Å². The van der Waals surface area contributed by atoms with Crippen LogP contribution in [-0.2, 0) is 24.7 Å². The smallest absolute Gasteiger partial charge is 0.228 e. The zero-order valence-corrected chi connectivity index (χ0v) is 18.2. The van der Waals surface area contributed by atoms with E-state index in [1.807, 2.05) is 45.6 Å². The lowest BCUT2D eigenvalue weighted by Gasteiger charge is -2.13. The van der Waals surface area contributed by atoms with Gasteiger partial charge in [-0.1, -0.05) is 16.8 Å². The molecule has 10 heteroatoms. The van der Waals surface area contributed by atoms with Gasteiger partial charge in [0, 0.05) is 61.7 Å². The van der Waals surface area contributed by atoms with Gasteiger partial charge in [0.1, 0.15) is 12.0 Å². The summed E-state index contributed by atoms with van der Waals surface area (Å²) in [5, 5.41) is 9.51.